The van der Waals surface area contributed by atoms with Gasteiger partial charge in [-0.1, -0.05) is 13.8 Å². The standard InChI is InChI=1S/C27H34N6/c1-16(2)24-25(21-14-33-27(28-15-29-33)18(4)17(21)3)31-23-11-10-22(30-26(23)24)19-6-8-20(9-7-19)32-12-5-13-32/h10-11,14-16,19-20,31H,5-9,12-13H2,1-4H3. The van der Waals surface area contributed by atoms with E-state index in [1.807, 2.05) is 4.52 Å². The highest BCUT2D eigenvalue weighted by atomic mass is 15.3. The number of nitrogens with one attached hydrogen (secondary N) is 1. The molecule has 1 aliphatic carbocycles. The van der Waals surface area contributed by atoms with E-state index >= 15 is 0 Å². The van der Waals surface area contributed by atoms with Crippen LogP contribution in [-0.4, -0.2) is 48.6 Å². The molecule has 6 rings (SSSR count). The molecule has 0 aromatic carbocycles. The Balaban J connectivity index is 1.40. The maximum atomic E-state index is 5.30. The van der Waals surface area contributed by atoms with Gasteiger partial charge in [-0.25, -0.2) is 9.50 Å². The minimum atomic E-state index is 0.366. The topological polar surface area (TPSA) is 62.1 Å². The molecule has 0 bridgehead atoms. The van der Waals surface area contributed by atoms with E-state index < -0.39 is 0 Å². The Bertz CT molecular complexity index is 1320. The summed E-state index contributed by atoms with van der Waals surface area (Å²) in [5.74, 6) is 0.950. The van der Waals surface area contributed by atoms with Crippen molar-refractivity contribution in [1.29, 1.82) is 0 Å². The number of likely N-dealkylation sites (tertiary alicyclic amines) is 1. The number of rotatable bonds is 4. The highest BCUT2D eigenvalue weighted by Gasteiger charge is 2.30. The van der Waals surface area contributed by atoms with Crippen molar-refractivity contribution in [3.05, 3.63) is 47.0 Å². The van der Waals surface area contributed by atoms with Crippen molar-refractivity contribution >= 4 is 16.7 Å². The molecule has 172 valence electrons. The molecule has 0 unspecified atom stereocenters. The van der Waals surface area contributed by atoms with Gasteiger partial charge in [-0.2, -0.15) is 5.10 Å². The lowest BCUT2D eigenvalue weighted by molar-refractivity contribution is 0.0866. The van der Waals surface area contributed by atoms with Crippen LogP contribution in [-0.2, 0) is 0 Å². The van der Waals surface area contributed by atoms with Crippen LogP contribution in [0.4, 0.5) is 0 Å². The number of H-pyrrole nitrogens is 1. The van der Waals surface area contributed by atoms with E-state index in [1.54, 1.807) is 6.33 Å². The predicted octanol–water partition coefficient (Wildman–Crippen LogP) is 5.74. The van der Waals surface area contributed by atoms with E-state index in [1.165, 1.54) is 78.8 Å². The Labute approximate surface area is 195 Å². The summed E-state index contributed by atoms with van der Waals surface area (Å²) in [5.41, 5.74) is 10.5. The molecule has 0 radical (unpaired) electrons. The molecule has 4 aromatic rings. The predicted molar refractivity (Wildman–Crippen MR) is 133 cm³/mol. The summed E-state index contributed by atoms with van der Waals surface area (Å²) in [6, 6.07) is 5.33. The highest BCUT2D eigenvalue weighted by molar-refractivity contribution is 5.89. The first-order valence-electron chi connectivity index (χ1n) is 12.6. The van der Waals surface area contributed by atoms with Gasteiger partial charge in [0, 0.05) is 35.0 Å². The molecule has 1 N–H and O–H groups in total. The lowest BCUT2D eigenvalue weighted by Gasteiger charge is -2.41. The molecule has 1 saturated carbocycles. The fraction of sp³-hybridized carbons (Fsp3) is 0.519. The Hall–Kier alpha value is -2.73. The second-order valence-electron chi connectivity index (χ2n) is 10.4. The smallest absolute Gasteiger partial charge is 0.158 e. The van der Waals surface area contributed by atoms with Crippen molar-refractivity contribution in [3.63, 3.8) is 0 Å². The third-order valence-electron chi connectivity index (χ3n) is 8.20. The first-order chi connectivity index (χ1) is 16.0. The van der Waals surface area contributed by atoms with Crippen LogP contribution in [0.1, 0.15) is 80.2 Å². The molecule has 0 atom stereocenters. The zero-order chi connectivity index (χ0) is 22.7. The maximum Gasteiger partial charge on any atom is 0.158 e. The normalized spacial score (nSPS) is 21.8. The third kappa shape index (κ3) is 3.38. The Morgan fingerprint density at radius 3 is 2.52 bits per heavy atom. The molecule has 33 heavy (non-hydrogen) atoms. The van der Waals surface area contributed by atoms with Crippen molar-refractivity contribution in [2.45, 2.75) is 77.7 Å². The molecule has 6 nitrogen and oxygen atoms in total. The fourth-order valence-electron chi connectivity index (χ4n) is 6.00. The number of nitrogens with zero attached hydrogens (tertiary/aromatic N) is 5. The van der Waals surface area contributed by atoms with Gasteiger partial charge in [0.2, 0.25) is 0 Å². The van der Waals surface area contributed by atoms with Gasteiger partial charge in [0.05, 0.1) is 16.7 Å². The van der Waals surface area contributed by atoms with Crippen LogP contribution in [0.2, 0.25) is 0 Å². The van der Waals surface area contributed by atoms with Crippen molar-refractivity contribution in [1.82, 2.24) is 29.5 Å². The lowest BCUT2D eigenvalue weighted by atomic mass is 9.82. The number of aromatic nitrogens is 5. The zero-order valence-electron chi connectivity index (χ0n) is 20.2. The van der Waals surface area contributed by atoms with Crippen LogP contribution < -0.4 is 0 Å². The minimum absolute atomic E-state index is 0.366. The van der Waals surface area contributed by atoms with Crippen LogP contribution in [0.5, 0.6) is 0 Å². The number of aryl methyl sites for hydroxylation is 1. The SMILES string of the molecule is Cc1c(-c2[nH]c3ccc(C4CCC(N5CCC5)CC4)nc3c2C(C)C)cn2ncnc2c1C. The van der Waals surface area contributed by atoms with Crippen molar-refractivity contribution in [3.8, 4) is 11.3 Å². The number of hydrogen-bond donors (Lipinski definition) is 1. The quantitative estimate of drug-likeness (QED) is 0.437. The van der Waals surface area contributed by atoms with Crippen LogP contribution in [0, 0.1) is 13.8 Å². The number of aromatic amines is 1. The van der Waals surface area contributed by atoms with Crippen molar-refractivity contribution < 1.29 is 0 Å². The zero-order valence-corrected chi connectivity index (χ0v) is 20.2. The van der Waals surface area contributed by atoms with Crippen LogP contribution in [0.15, 0.2) is 24.7 Å². The van der Waals surface area contributed by atoms with E-state index in [0.717, 1.165) is 22.7 Å². The van der Waals surface area contributed by atoms with Crippen LogP contribution >= 0.6 is 0 Å². The van der Waals surface area contributed by atoms with Gasteiger partial charge in [0.1, 0.15) is 6.33 Å². The Kier molecular flexibility index (Phi) is 5.02. The van der Waals surface area contributed by atoms with E-state index in [0.29, 0.717) is 11.8 Å². The average Bonchev–Trinajstić information content (AvgIpc) is 3.39. The monoisotopic (exact) mass is 442 g/mol. The second kappa shape index (κ2) is 7.94. The molecule has 2 aliphatic rings. The molecule has 1 aliphatic heterocycles. The number of fused-ring (bicyclic) bond motifs is 2. The number of pyridine rings is 2. The summed E-state index contributed by atoms with van der Waals surface area (Å²) in [4.78, 5) is 16.1. The van der Waals surface area contributed by atoms with Gasteiger partial charge in [-0.3, -0.25) is 4.98 Å². The molecule has 0 spiro atoms. The summed E-state index contributed by atoms with van der Waals surface area (Å²) >= 11 is 0. The van der Waals surface area contributed by atoms with Gasteiger partial charge in [-0.15, -0.1) is 0 Å². The van der Waals surface area contributed by atoms with Gasteiger partial charge >= 0.3 is 0 Å². The molecular weight excluding hydrogens is 408 g/mol. The van der Waals surface area contributed by atoms with Gasteiger partial charge < -0.3 is 9.88 Å². The first-order valence-corrected chi connectivity index (χ1v) is 12.6. The third-order valence-corrected chi connectivity index (χ3v) is 8.20. The van der Waals surface area contributed by atoms with E-state index in [-0.39, 0.29) is 0 Å². The summed E-state index contributed by atoms with van der Waals surface area (Å²) in [6.45, 7) is 11.5. The van der Waals surface area contributed by atoms with Crippen molar-refractivity contribution in [2.24, 2.45) is 0 Å². The van der Waals surface area contributed by atoms with Gasteiger partial charge in [0.15, 0.2) is 5.65 Å². The summed E-state index contributed by atoms with van der Waals surface area (Å²) in [5, 5.41) is 4.41. The van der Waals surface area contributed by atoms with Crippen LogP contribution in [0.25, 0.3) is 27.9 Å². The van der Waals surface area contributed by atoms with Crippen LogP contribution in [0.3, 0.4) is 0 Å². The maximum absolute atomic E-state index is 5.30. The molecule has 5 heterocycles. The fourth-order valence-corrected chi connectivity index (χ4v) is 6.00. The number of hydrogen-bond acceptors (Lipinski definition) is 4. The second-order valence-corrected chi connectivity index (χ2v) is 10.4. The van der Waals surface area contributed by atoms with E-state index in [4.69, 9.17) is 4.98 Å². The molecule has 0 amide bonds. The largest absolute Gasteiger partial charge is 0.353 e. The van der Waals surface area contributed by atoms with Crippen molar-refractivity contribution in [2.75, 3.05) is 13.1 Å². The summed E-state index contributed by atoms with van der Waals surface area (Å²) in [6.07, 6.45) is 10.3. The molecule has 1 saturated heterocycles. The lowest BCUT2D eigenvalue weighted by Crippen LogP contribution is -2.46. The highest BCUT2D eigenvalue weighted by Crippen LogP contribution is 2.40. The first kappa shape index (κ1) is 20.8. The Morgan fingerprint density at radius 1 is 1.03 bits per heavy atom. The van der Waals surface area contributed by atoms with Gasteiger partial charge in [0.25, 0.3) is 0 Å². The summed E-state index contributed by atoms with van der Waals surface area (Å²) < 4.78 is 1.89. The van der Waals surface area contributed by atoms with Gasteiger partial charge in [-0.05, 0) is 88.2 Å². The summed E-state index contributed by atoms with van der Waals surface area (Å²) in [7, 11) is 0. The minimum Gasteiger partial charge on any atom is -0.353 e. The molecule has 6 heteroatoms. The molecular formula is C27H34N6. The van der Waals surface area contributed by atoms with E-state index in [9.17, 15) is 0 Å². The Morgan fingerprint density at radius 2 is 1.82 bits per heavy atom. The average molecular weight is 443 g/mol. The molecule has 2 fully saturated rings. The molecule has 4 aromatic heterocycles. The van der Waals surface area contributed by atoms with E-state index in [2.05, 4.69) is 66.0 Å².